The number of likely N-dealkylation sites (N-methyl/N-ethyl adjacent to an activating group) is 1. The molecule has 1 N–H and O–H groups in total. The number of aliphatic imine (C=N–C) groups is 1. The molecule has 40 heavy (non-hydrogen) atoms. The number of anilines is 2. The topological polar surface area (TPSA) is 53.9 Å². The van der Waals surface area contributed by atoms with Gasteiger partial charge >= 0.3 is 5.97 Å². The number of piperazine rings is 1. The van der Waals surface area contributed by atoms with Gasteiger partial charge in [-0.1, -0.05) is 83.3 Å². The Morgan fingerprint density at radius 3 is 2.30 bits per heavy atom. The summed E-state index contributed by atoms with van der Waals surface area (Å²) in [7, 11) is 2.21. The number of benzene rings is 1. The minimum atomic E-state index is -0.0399. The van der Waals surface area contributed by atoms with E-state index in [0.717, 1.165) is 65.7 Å². The maximum atomic E-state index is 12.4. The number of aryl methyl sites for hydroxylation is 1. The third-order valence-corrected chi connectivity index (χ3v) is 9.08. The zero-order valence-corrected chi connectivity index (χ0v) is 26.4. The highest BCUT2D eigenvalue weighted by atomic mass is 35.5. The minimum absolute atomic E-state index is 0. The van der Waals surface area contributed by atoms with E-state index in [9.17, 15) is 4.79 Å². The molecule has 0 atom stereocenters. The molecule has 0 bridgehead atoms. The van der Waals surface area contributed by atoms with Crippen molar-refractivity contribution in [1.82, 2.24) is 4.90 Å². The highest BCUT2D eigenvalue weighted by molar-refractivity contribution is 7.16. The Morgan fingerprint density at radius 1 is 1.00 bits per heavy atom. The number of fused-ring (bicyclic) bond motifs is 2. The van der Waals surface area contributed by atoms with Crippen molar-refractivity contribution < 1.29 is 26.4 Å². The van der Waals surface area contributed by atoms with Crippen molar-refractivity contribution in [1.29, 1.82) is 0 Å². The van der Waals surface area contributed by atoms with Gasteiger partial charge in [0.05, 0.1) is 50.2 Å². The lowest BCUT2D eigenvalue weighted by atomic mass is 10.1. The molecule has 8 heteroatoms. The summed E-state index contributed by atoms with van der Waals surface area (Å²) in [6.45, 7) is 8.52. The lowest BCUT2D eigenvalue weighted by molar-refractivity contribution is -0.929. The Bertz CT molecular complexity index is 1090. The number of halogens is 1. The molecule has 1 aromatic heterocycles. The number of carbonyl (C=O) groups excluding carboxylic acids is 1. The summed E-state index contributed by atoms with van der Waals surface area (Å²) in [6, 6.07) is 10.5. The zero-order valence-electron chi connectivity index (χ0n) is 24.9. The molecule has 1 saturated heterocycles. The van der Waals surface area contributed by atoms with Crippen LogP contribution in [0.15, 0.2) is 35.3 Å². The zero-order chi connectivity index (χ0) is 27.5. The molecular weight excluding hydrogens is 540 g/mol. The van der Waals surface area contributed by atoms with Crippen LogP contribution < -0.4 is 17.7 Å². The van der Waals surface area contributed by atoms with Gasteiger partial charge in [0.1, 0.15) is 10.8 Å². The number of rotatable bonds is 14. The van der Waals surface area contributed by atoms with E-state index in [1.165, 1.54) is 68.2 Å². The predicted molar refractivity (Wildman–Crippen MR) is 165 cm³/mol. The monoisotopic (exact) mass is 588 g/mol. The number of thiophene rings is 1. The van der Waals surface area contributed by atoms with Crippen LogP contribution in [0.25, 0.3) is 0 Å². The Hall–Kier alpha value is -2.09. The Balaban J connectivity index is 0.00000441. The fourth-order valence-corrected chi connectivity index (χ4v) is 6.43. The molecular formula is C32H49ClN4O2S. The van der Waals surface area contributed by atoms with E-state index < -0.39 is 0 Å². The maximum Gasteiger partial charge on any atom is 0.310 e. The lowest BCUT2D eigenvalue weighted by Crippen LogP contribution is -3.00. The third kappa shape index (κ3) is 9.49. The second-order valence-electron chi connectivity index (χ2n) is 11.7. The average Bonchev–Trinajstić information content (AvgIpc) is 3.22. The molecule has 2 aromatic rings. The van der Waals surface area contributed by atoms with Crippen molar-refractivity contribution in [2.45, 2.75) is 90.9 Å². The van der Waals surface area contributed by atoms with Gasteiger partial charge in [-0.15, -0.1) is 11.3 Å². The molecule has 0 saturated carbocycles. The number of ether oxygens (including phenoxy) is 1. The van der Waals surface area contributed by atoms with Crippen molar-refractivity contribution in [2.24, 2.45) is 4.99 Å². The number of quaternary nitrogens is 1. The first-order chi connectivity index (χ1) is 19.0. The standard InChI is InChI=1S/C32H49N4O2S.ClH/c1-4-5-6-7-8-9-10-11-12-13-14-19-30(37)38-25-36(3)22-20-35(21-23-36)31-27-24-26(2)39-32(27)34-29-18-16-15-17-28(29)33-31;/h15-18,24,34H,4-14,19-23,25H2,1-3H3;1H/q+1;/p-1. The molecule has 1 aromatic carbocycles. The maximum absolute atomic E-state index is 12.4. The largest absolute Gasteiger partial charge is 1.00 e. The Morgan fingerprint density at radius 2 is 1.62 bits per heavy atom. The Labute approximate surface area is 252 Å². The minimum Gasteiger partial charge on any atom is -1.00 e. The first-order valence-corrected chi connectivity index (χ1v) is 16.1. The van der Waals surface area contributed by atoms with Gasteiger partial charge in [-0.3, -0.25) is 9.28 Å². The normalized spacial score (nSPS) is 15.7. The van der Waals surface area contributed by atoms with Crippen LogP contribution in [0.4, 0.5) is 16.4 Å². The molecule has 4 rings (SSSR count). The number of esters is 1. The van der Waals surface area contributed by atoms with Crippen molar-refractivity contribution in [3.63, 3.8) is 0 Å². The van der Waals surface area contributed by atoms with E-state index in [2.05, 4.69) is 55.4 Å². The molecule has 0 aliphatic carbocycles. The number of carbonyl (C=O) groups is 1. The van der Waals surface area contributed by atoms with Gasteiger partial charge in [0.2, 0.25) is 6.73 Å². The summed E-state index contributed by atoms with van der Waals surface area (Å²) in [5, 5.41) is 4.76. The van der Waals surface area contributed by atoms with E-state index in [1.807, 2.05) is 6.07 Å². The molecule has 6 nitrogen and oxygen atoms in total. The summed E-state index contributed by atoms with van der Waals surface area (Å²) in [5.74, 6) is 1.01. The van der Waals surface area contributed by atoms with Crippen molar-refractivity contribution in [3.05, 3.63) is 40.8 Å². The summed E-state index contributed by atoms with van der Waals surface area (Å²) in [5.41, 5.74) is 3.22. The van der Waals surface area contributed by atoms with E-state index >= 15 is 0 Å². The number of hydrogen-bond donors (Lipinski definition) is 1. The van der Waals surface area contributed by atoms with Gasteiger partial charge in [-0.25, -0.2) is 4.99 Å². The molecule has 0 amide bonds. The van der Waals surface area contributed by atoms with Crippen LogP contribution in [0.1, 0.15) is 94.4 Å². The van der Waals surface area contributed by atoms with E-state index in [1.54, 1.807) is 11.3 Å². The summed E-state index contributed by atoms with van der Waals surface area (Å²) in [4.78, 5) is 21.2. The van der Waals surface area contributed by atoms with Crippen LogP contribution >= 0.6 is 11.3 Å². The van der Waals surface area contributed by atoms with E-state index in [0.29, 0.717) is 13.2 Å². The number of amidine groups is 1. The second kappa shape index (κ2) is 16.4. The molecule has 222 valence electrons. The highest BCUT2D eigenvalue weighted by Gasteiger charge is 2.33. The van der Waals surface area contributed by atoms with Gasteiger partial charge in [0.15, 0.2) is 0 Å². The van der Waals surface area contributed by atoms with E-state index in [-0.39, 0.29) is 18.4 Å². The quantitative estimate of drug-likeness (QED) is 0.188. The van der Waals surface area contributed by atoms with Crippen molar-refractivity contribution in [3.8, 4) is 0 Å². The van der Waals surface area contributed by atoms with E-state index in [4.69, 9.17) is 9.73 Å². The van der Waals surface area contributed by atoms with Crippen LogP contribution in [0, 0.1) is 6.92 Å². The third-order valence-electron chi connectivity index (χ3n) is 8.12. The fraction of sp³-hybridized carbons (Fsp3) is 0.625. The smallest absolute Gasteiger partial charge is 0.310 e. The molecule has 1 fully saturated rings. The van der Waals surface area contributed by atoms with Crippen molar-refractivity contribution in [2.75, 3.05) is 45.3 Å². The van der Waals surface area contributed by atoms with Crippen LogP contribution in [0.5, 0.6) is 0 Å². The van der Waals surface area contributed by atoms with Gasteiger partial charge in [-0.05, 0) is 31.5 Å². The number of nitrogens with one attached hydrogen (secondary N) is 1. The molecule has 0 unspecified atom stereocenters. The van der Waals surface area contributed by atoms with Gasteiger partial charge < -0.3 is 27.4 Å². The molecule has 0 radical (unpaired) electrons. The number of para-hydroxylation sites is 2. The summed E-state index contributed by atoms with van der Waals surface area (Å²) < 4.78 is 6.52. The van der Waals surface area contributed by atoms with Crippen LogP contribution in [0.2, 0.25) is 0 Å². The number of nitrogens with zero attached hydrogens (tertiary/aromatic N) is 3. The van der Waals surface area contributed by atoms with Crippen molar-refractivity contribution >= 4 is 39.5 Å². The van der Waals surface area contributed by atoms with Gasteiger partial charge in [0.25, 0.3) is 0 Å². The summed E-state index contributed by atoms with van der Waals surface area (Å²) in [6.07, 6.45) is 14.7. The first-order valence-electron chi connectivity index (χ1n) is 15.3. The molecule has 0 spiro atoms. The SMILES string of the molecule is CCCCCCCCCCCCCC(=O)OC[N+]1(C)CCN(C2=Nc3ccccc3Nc3sc(C)cc32)CC1.[Cl-]. The molecule has 2 aliphatic rings. The second-order valence-corrected chi connectivity index (χ2v) is 12.9. The Kier molecular flexibility index (Phi) is 13.3. The predicted octanol–water partition coefficient (Wildman–Crippen LogP) is 5.16. The van der Waals surface area contributed by atoms with Crippen LogP contribution in [-0.4, -0.2) is 61.1 Å². The van der Waals surface area contributed by atoms with Crippen LogP contribution in [0.3, 0.4) is 0 Å². The number of hydrogen-bond acceptors (Lipinski definition) is 6. The fourth-order valence-electron chi connectivity index (χ4n) is 5.51. The first kappa shape index (κ1) is 32.4. The van der Waals surface area contributed by atoms with Gasteiger partial charge in [0, 0.05) is 11.3 Å². The highest BCUT2D eigenvalue weighted by Crippen LogP contribution is 2.39. The molecule has 2 aliphatic heterocycles. The lowest BCUT2D eigenvalue weighted by Gasteiger charge is -2.42. The average molecular weight is 589 g/mol. The molecule has 3 heterocycles. The van der Waals surface area contributed by atoms with Gasteiger partial charge in [-0.2, -0.15) is 0 Å². The number of unbranched alkanes of at least 4 members (excludes halogenated alkanes) is 10. The van der Waals surface area contributed by atoms with Crippen LogP contribution in [-0.2, 0) is 9.53 Å². The summed E-state index contributed by atoms with van der Waals surface area (Å²) >= 11 is 1.78.